The van der Waals surface area contributed by atoms with Crippen LogP contribution in [0.5, 0.6) is 11.5 Å². The molecular formula is C23H23NO5. The predicted molar refractivity (Wildman–Crippen MR) is 109 cm³/mol. The van der Waals surface area contributed by atoms with Gasteiger partial charge in [-0.05, 0) is 62.4 Å². The quantitative estimate of drug-likeness (QED) is 0.446. The SMILES string of the molecule is COc1ccc(C(=O)COC(=O)c2ccc(-n3c(C)ccc3C)cc2)c(OC)c1. The number of carbonyl (C=O) groups is 2. The van der Waals surface area contributed by atoms with Crippen LogP contribution in [0, 0.1) is 13.8 Å². The third kappa shape index (κ3) is 4.32. The smallest absolute Gasteiger partial charge is 0.338 e. The van der Waals surface area contributed by atoms with Crippen molar-refractivity contribution < 1.29 is 23.8 Å². The van der Waals surface area contributed by atoms with Crippen LogP contribution in [-0.2, 0) is 4.74 Å². The molecule has 3 rings (SSSR count). The van der Waals surface area contributed by atoms with Gasteiger partial charge in [0.05, 0.1) is 25.3 Å². The van der Waals surface area contributed by atoms with E-state index < -0.39 is 5.97 Å². The van der Waals surface area contributed by atoms with E-state index in [-0.39, 0.29) is 12.4 Å². The largest absolute Gasteiger partial charge is 0.497 e. The number of methoxy groups -OCH3 is 2. The zero-order valence-corrected chi connectivity index (χ0v) is 16.9. The number of benzene rings is 2. The van der Waals surface area contributed by atoms with Gasteiger partial charge in [-0.2, -0.15) is 0 Å². The lowest BCUT2D eigenvalue weighted by Gasteiger charge is -2.11. The molecule has 0 bridgehead atoms. The Morgan fingerprint density at radius 1 is 0.862 bits per heavy atom. The average Bonchev–Trinajstić information content (AvgIpc) is 3.09. The van der Waals surface area contributed by atoms with E-state index in [2.05, 4.69) is 4.57 Å². The Balaban J connectivity index is 1.67. The molecule has 0 fully saturated rings. The first-order valence-corrected chi connectivity index (χ1v) is 9.12. The summed E-state index contributed by atoms with van der Waals surface area (Å²) in [4.78, 5) is 24.8. The van der Waals surface area contributed by atoms with Crippen molar-refractivity contribution in [3.63, 3.8) is 0 Å². The van der Waals surface area contributed by atoms with Crippen LogP contribution >= 0.6 is 0 Å². The van der Waals surface area contributed by atoms with Crippen LogP contribution in [0.4, 0.5) is 0 Å². The molecule has 29 heavy (non-hydrogen) atoms. The summed E-state index contributed by atoms with van der Waals surface area (Å²) in [5.74, 6) is 0.0299. The van der Waals surface area contributed by atoms with Gasteiger partial charge in [-0.25, -0.2) is 4.79 Å². The highest BCUT2D eigenvalue weighted by molar-refractivity contribution is 6.01. The fourth-order valence-electron chi connectivity index (χ4n) is 3.14. The molecule has 0 aliphatic carbocycles. The van der Waals surface area contributed by atoms with E-state index in [0.29, 0.717) is 22.6 Å². The van der Waals surface area contributed by atoms with Crippen LogP contribution in [0.15, 0.2) is 54.6 Å². The zero-order valence-electron chi connectivity index (χ0n) is 16.9. The van der Waals surface area contributed by atoms with E-state index in [9.17, 15) is 9.59 Å². The Morgan fingerprint density at radius 3 is 2.10 bits per heavy atom. The second-order valence-electron chi connectivity index (χ2n) is 6.56. The Kier molecular flexibility index (Phi) is 6.02. The summed E-state index contributed by atoms with van der Waals surface area (Å²) in [5, 5.41) is 0. The summed E-state index contributed by atoms with van der Waals surface area (Å²) in [5.41, 5.74) is 3.88. The van der Waals surface area contributed by atoms with E-state index >= 15 is 0 Å². The molecule has 0 radical (unpaired) electrons. The molecule has 2 aromatic carbocycles. The number of esters is 1. The second-order valence-corrected chi connectivity index (χ2v) is 6.56. The molecule has 0 aliphatic rings. The number of hydrogen-bond donors (Lipinski definition) is 0. The highest BCUT2D eigenvalue weighted by Crippen LogP contribution is 2.25. The van der Waals surface area contributed by atoms with E-state index in [1.165, 1.54) is 14.2 Å². The molecule has 6 heteroatoms. The van der Waals surface area contributed by atoms with E-state index in [4.69, 9.17) is 14.2 Å². The molecule has 0 N–H and O–H groups in total. The Hall–Kier alpha value is -3.54. The van der Waals surface area contributed by atoms with Crippen molar-refractivity contribution in [1.82, 2.24) is 4.57 Å². The summed E-state index contributed by atoms with van der Waals surface area (Å²) in [6, 6.07) is 16.0. The second kappa shape index (κ2) is 8.65. The van der Waals surface area contributed by atoms with Crippen molar-refractivity contribution in [3.8, 4) is 17.2 Å². The van der Waals surface area contributed by atoms with Gasteiger partial charge in [0, 0.05) is 23.1 Å². The van der Waals surface area contributed by atoms with E-state index in [1.807, 2.05) is 38.1 Å². The Labute approximate surface area is 169 Å². The number of ketones is 1. The lowest BCUT2D eigenvalue weighted by atomic mass is 10.1. The highest BCUT2D eigenvalue weighted by atomic mass is 16.5. The van der Waals surface area contributed by atoms with Gasteiger partial charge in [-0.15, -0.1) is 0 Å². The van der Waals surface area contributed by atoms with Crippen molar-refractivity contribution >= 4 is 11.8 Å². The van der Waals surface area contributed by atoms with Crippen LogP contribution in [0.2, 0.25) is 0 Å². The molecule has 1 heterocycles. The number of carbonyl (C=O) groups excluding carboxylic acids is 2. The maximum Gasteiger partial charge on any atom is 0.338 e. The lowest BCUT2D eigenvalue weighted by molar-refractivity contribution is 0.0474. The fraction of sp³-hybridized carbons (Fsp3) is 0.217. The molecule has 0 spiro atoms. The molecule has 6 nitrogen and oxygen atoms in total. The van der Waals surface area contributed by atoms with Crippen LogP contribution in [0.25, 0.3) is 5.69 Å². The number of aryl methyl sites for hydroxylation is 2. The monoisotopic (exact) mass is 393 g/mol. The number of nitrogens with zero attached hydrogens (tertiary/aromatic N) is 1. The summed E-state index contributed by atoms with van der Waals surface area (Å²) in [7, 11) is 3.00. The molecule has 150 valence electrons. The molecule has 0 aliphatic heterocycles. The van der Waals surface area contributed by atoms with E-state index in [1.54, 1.807) is 30.3 Å². The van der Waals surface area contributed by atoms with Gasteiger partial charge in [0.25, 0.3) is 0 Å². The van der Waals surface area contributed by atoms with Crippen molar-refractivity contribution in [2.45, 2.75) is 13.8 Å². The first kappa shape index (κ1) is 20.2. The van der Waals surface area contributed by atoms with Crippen LogP contribution in [-0.4, -0.2) is 37.1 Å². The summed E-state index contributed by atoms with van der Waals surface area (Å²) < 4.78 is 17.6. The topological polar surface area (TPSA) is 66.8 Å². The lowest BCUT2D eigenvalue weighted by Crippen LogP contribution is -2.15. The minimum absolute atomic E-state index is 0.329. The number of Topliss-reactive ketones (excluding diaryl/α,β-unsaturated/α-hetero) is 1. The average molecular weight is 393 g/mol. The van der Waals surface area contributed by atoms with Crippen molar-refractivity contribution in [3.05, 3.63) is 77.1 Å². The van der Waals surface area contributed by atoms with Crippen LogP contribution in [0.1, 0.15) is 32.1 Å². The minimum atomic E-state index is -0.557. The van der Waals surface area contributed by atoms with Gasteiger partial charge in [0.2, 0.25) is 5.78 Å². The number of aromatic nitrogens is 1. The van der Waals surface area contributed by atoms with Crippen molar-refractivity contribution in [2.24, 2.45) is 0 Å². The van der Waals surface area contributed by atoms with Crippen LogP contribution < -0.4 is 9.47 Å². The number of ether oxygens (including phenoxy) is 3. The highest BCUT2D eigenvalue weighted by Gasteiger charge is 2.16. The molecule has 0 saturated carbocycles. The van der Waals surface area contributed by atoms with Gasteiger partial charge in [-0.1, -0.05) is 0 Å². The molecule has 0 saturated heterocycles. The van der Waals surface area contributed by atoms with Crippen molar-refractivity contribution in [2.75, 3.05) is 20.8 Å². The molecule has 3 aromatic rings. The van der Waals surface area contributed by atoms with Crippen molar-refractivity contribution in [1.29, 1.82) is 0 Å². The molecule has 0 unspecified atom stereocenters. The molecule has 0 amide bonds. The maximum absolute atomic E-state index is 12.4. The normalized spacial score (nSPS) is 10.5. The molecule has 0 atom stereocenters. The summed E-state index contributed by atoms with van der Waals surface area (Å²) >= 11 is 0. The first-order valence-electron chi connectivity index (χ1n) is 9.12. The third-order valence-corrected chi connectivity index (χ3v) is 4.68. The van der Waals surface area contributed by atoms with E-state index in [0.717, 1.165) is 17.1 Å². The Bertz CT molecular complexity index is 1010. The number of rotatable bonds is 7. The summed E-state index contributed by atoms with van der Waals surface area (Å²) in [6.07, 6.45) is 0. The maximum atomic E-state index is 12.4. The number of hydrogen-bond acceptors (Lipinski definition) is 5. The minimum Gasteiger partial charge on any atom is -0.497 e. The van der Waals surface area contributed by atoms with Crippen LogP contribution in [0.3, 0.4) is 0 Å². The Morgan fingerprint density at radius 2 is 1.52 bits per heavy atom. The third-order valence-electron chi connectivity index (χ3n) is 4.68. The first-order chi connectivity index (χ1) is 13.9. The van der Waals surface area contributed by atoms with Gasteiger partial charge >= 0.3 is 5.97 Å². The predicted octanol–water partition coefficient (Wildman–Crippen LogP) is 4.15. The van der Waals surface area contributed by atoms with Gasteiger partial charge in [0.1, 0.15) is 11.5 Å². The summed E-state index contributed by atoms with van der Waals surface area (Å²) in [6.45, 7) is 3.67. The van der Waals surface area contributed by atoms with Gasteiger partial charge in [-0.3, -0.25) is 4.79 Å². The zero-order chi connectivity index (χ0) is 21.0. The standard InChI is InChI=1S/C23H23NO5/c1-15-5-6-16(2)24(15)18-9-7-17(8-10-18)23(26)29-14-21(25)20-12-11-19(27-3)13-22(20)28-4/h5-13H,14H2,1-4H3. The van der Waals surface area contributed by atoms with Gasteiger partial charge in [0.15, 0.2) is 6.61 Å². The fourth-order valence-corrected chi connectivity index (χ4v) is 3.14. The molecular weight excluding hydrogens is 370 g/mol. The van der Waals surface area contributed by atoms with Gasteiger partial charge < -0.3 is 18.8 Å². The molecule has 1 aromatic heterocycles.